The van der Waals surface area contributed by atoms with Crippen molar-refractivity contribution in [1.29, 1.82) is 0 Å². The van der Waals surface area contributed by atoms with Gasteiger partial charge in [-0.05, 0) is 50.6 Å². The summed E-state index contributed by atoms with van der Waals surface area (Å²) in [7, 11) is -4.13. The number of halogens is 1. The molecule has 0 unspecified atom stereocenters. The number of nitrogens with one attached hydrogen (secondary N) is 1. The van der Waals surface area contributed by atoms with Crippen LogP contribution in [0.4, 0.5) is 10.1 Å². The van der Waals surface area contributed by atoms with E-state index in [1.54, 1.807) is 55.5 Å². The second-order valence-electron chi connectivity index (χ2n) is 9.09. The Bertz CT molecular complexity index is 1330. The van der Waals surface area contributed by atoms with Gasteiger partial charge in [-0.2, -0.15) is 0 Å². The van der Waals surface area contributed by atoms with Crippen molar-refractivity contribution in [1.82, 2.24) is 10.2 Å². The van der Waals surface area contributed by atoms with E-state index < -0.39 is 40.2 Å². The summed E-state index contributed by atoms with van der Waals surface area (Å²) in [6.45, 7) is 5.09. The Hall–Kier alpha value is -3.72. The fraction of sp³-hybridized carbons (Fsp3) is 0.310. The summed E-state index contributed by atoms with van der Waals surface area (Å²) >= 11 is 0. The van der Waals surface area contributed by atoms with Gasteiger partial charge >= 0.3 is 0 Å². The van der Waals surface area contributed by atoms with E-state index in [0.717, 1.165) is 22.7 Å². The molecule has 38 heavy (non-hydrogen) atoms. The van der Waals surface area contributed by atoms with Crippen LogP contribution in [-0.4, -0.2) is 44.3 Å². The molecular formula is C29H34FN3O4S. The van der Waals surface area contributed by atoms with E-state index in [4.69, 9.17) is 0 Å². The number of aryl methyl sites for hydroxylation is 1. The second-order valence-corrected chi connectivity index (χ2v) is 11.0. The number of nitrogens with zero attached hydrogens (tertiary/aromatic N) is 2. The highest BCUT2D eigenvalue weighted by Gasteiger charge is 2.32. The van der Waals surface area contributed by atoms with E-state index in [1.807, 2.05) is 13.8 Å². The SMILES string of the molecule is CCCCNC(=O)[C@H](C)N(Cc1ccccc1F)C(=O)CN(c1ccccc1)S(=O)(=O)c1ccc(C)cc1. The number of hydrogen-bond donors (Lipinski definition) is 1. The lowest BCUT2D eigenvalue weighted by Gasteiger charge is -2.32. The van der Waals surface area contributed by atoms with Crippen molar-refractivity contribution < 1.29 is 22.4 Å². The Balaban J connectivity index is 1.98. The number of anilines is 1. The highest BCUT2D eigenvalue weighted by Crippen LogP contribution is 2.25. The molecule has 0 aliphatic heterocycles. The smallest absolute Gasteiger partial charge is 0.264 e. The van der Waals surface area contributed by atoms with Crippen LogP contribution in [0.5, 0.6) is 0 Å². The summed E-state index contributed by atoms with van der Waals surface area (Å²) in [4.78, 5) is 27.9. The maximum atomic E-state index is 14.6. The molecule has 0 aliphatic carbocycles. The summed E-state index contributed by atoms with van der Waals surface area (Å²) in [6, 6.07) is 19.7. The average molecular weight is 540 g/mol. The second kappa shape index (κ2) is 13.2. The maximum Gasteiger partial charge on any atom is 0.264 e. The molecule has 3 aromatic rings. The summed E-state index contributed by atoms with van der Waals surface area (Å²) in [5, 5.41) is 2.81. The average Bonchev–Trinajstić information content (AvgIpc) is 2.91. The number of amides is 2. The molecule has 0 saturated carbocycles. The minimum Gasteiger partial charge on any atom is -0.354 e. The van der Waals surface area contributed by atoms with Gasteiger partial charge in [0.15, 0.2) is 0 Å². The minimum atomic E-state index is -4.13. The predicted octanol–water partition coefficient (Wildman–Crippen LogP) is 4.66. The Morgan fingerprint density at radius 2 is 1.58 bits per heavy atom. The molecule has 7 nitrogen and oxygen atoms in total. The highest BCUT2D eigenvalue weighted by molar-refractivity contribution is 7.92. The van der Waals surface area contributed by atoms with Crippen LogP contribution in [-0.2, 0) is 26.2 Å². The first kappa shape index (κ1) is 28.8. The summed E-state index contributed by atoms with van der Waals surface area (Å²) < 4.78 is 43.0. The molecule has 1 N–H and O–H groups in total. The summed E-state index contributed by atoms with van der Waals surface area (Å²) in [5.74, 6) is -1.54. The first-order valence-corrected chi connectivity index (χ1v) is 14.0. The van der Waals surface area contributed by atoms with E-state index in [1.165, 1.54) is 35.2 Å². The number of unbranched alkanes of at least 4 members (excludes halogenated alkanes) is 1. The van der Waals surface area contributed by atoms with Gasteiger partial charge in [-0.25, -0.2) is 12.8 Å². The molecule has 0 radical (unpaired) electrons. The van der Waals surface area contributed by atoms with Crippen molar-refractivity contribution in [2.24, 2.45) is 0 Å². The van der Waals surface area contributed by atoms with Crippen LogP contribution < -0.4 is 9.62 Å². The van der Waals surface area contributed by atoms with Gasteiger partial charge in [0.2, 0.25) is 11.8 Å². The third-order valence-electron chi connectivity index (χ3n) is 6.23. The van der Waals surface area contributed by atoms with Gasteiger partial charge in [0.1, 0.15) is 18.4 Å². The molecule has 3 rings (SSSR count). The van der Waals surface area contributed by atoms with E-state index in [9.17, 15) is 22.4 Å². The van der Waals surface area contributed by atoms with Gasteiger partial charge in [0, 0.05) is 18.7 Å². The Morgan fingerprint density at radius 1 is 0.947 bits per heavy atom. The molecule has 0 bridgehead atoms. The van der Waals surface area contributed by atoms with Crippen LogP contribution in [0.3, 0.4) is 0 Å². The number of rotatable bonds is 12. The molecule has 3 aromatic carbocycles. The Morgan fingerprint density at radius 3 is 2.21 bits per heavy atom. The molecule has 0 aliphatic rings. The summed E-state index contributed by atoms with van der Waals surface area (Å²) in [5.41, 5.74) is 1.42. The number of benzene rings is 3. The quantitative estimate of drug-likeness (QED) is 0.339. The van der Waals surface area contributed by atoms with Crippen LogP contribution in [0.2, 0.25) is 0 Å². The van der Waals surface area contributed by atoms with Crippen LogP contribution in [0.15, 0.2) is 83.8 Å². The van der Waals surface area contributed by atoms with Crippen molar-refractivity contribution >= 4 is 27.5 Å². The highest BCUT2D eigenvalue weighted by atomic mass is 32.2. The summed E-state index contributed by atoms with van der Waals surface area (Å²) in [6.07, 6.45) is 1.66. The Labute approximate surface area is 224 Å². The van der Waals surface area contributed by atoms with Gasteiger partial charge in [-0.3, -0.25) is 13.9 Å². The number of carbonyl (C=O) groups is 2. The normalized spacial score (nSPS) is 12.0. The molecule has 0 fully saturated rings. The number of para-hydroxylation sites is 1. The topological polar surface area (TPSA) is 86.8 Å². The standard InChI is InChI=1S/C29H34FN3O4S/c1-4-5-19-31-29(35)23(3)32(20-24-11-9-10-14-27(24)30)28(34)21-33(25-12-7-6-8-13-25)38(36,37)26-17-15-22(2)16-18-26/h6-18,23H,4-5,19-21H2,1-3H3,(H,31,35)/t23-/m0/s1. The van der Waals surface area contributed by atoms with Gasteiger partial charge in [0.05, 0.1) is 10.6 Å². The number of hydrogen-bond acceptors (Lipinski definition) is 4. The monoisotopic (exact) mass is 539 g/mol. The molecule has 1 atom stereocenters. The first-order chi connectivity index (χ1) is 18.1. The predicted molar refractivity (Wildman–Crippen MR) is 146 cm³/mol. The number of sulfonamides is 1. The van der Waals surface area contributed by atoms with E-state index in [2.05, 4.69) is 5.32 Å². The van der Waals surface area contributed by atoms with Crippen molar-refractivity contribution in [3.8, 4) is 0 Å². The van der Waals surface area contributed by atoms with Gasteiger partial charge in [0.25, 0.3) is 10.0 Å². The van der Waals surface area contributed by atoms with Crippen molar-refractivity contribution in [3.63, 3.8) is 0 Å². The molecular weight excluding hydrogens is 505 g/mol. The lowest BCUT2D eigenvalue weighted by Crippen LogP contribution is -2.51. The maximum absolute atomic E-state index is 14.6. The lowest BCUT2D eigenvalue weighted by molar-refractivity contribution is -0.139. The third-order valence-corrected chi connectivity index (χ3v) is 8.02. The fourth-order valence-corrected chi connectivity index (χ4v) is 5.30. The fourth-order valence-electron chi connectivity index (χ4n) is 3.89. The van der Waals surface area contributed by atoms with E-state index >= 15 is 0 Å². The van der Waals surface area contributed by atoms with Crippen LogP contribution >= 0.6 is 0 Å². The zero-order valence-electron chi connectivity index (χ0n) is 21.9. The Kier molecular flexibility index (Phi) is 10.0. The van der Waals surface area contributed by atoms with Crippen molar-refractivity contribution in [2.75, 3.05) is 17.4 Å². The minimum absolute atomic E-state index is 0.0331. The van der Waals surface area contributed by atoms with Crippen molar-refractivity contribution in [3.05, 3.63) is 95.8 Å². The number of carbonyl (C=O) groups excluding carboxylic acids is 2. The molecule has 0 spiro atoms. The molecule has 202 valence electrons. The van der Waals surface area contributed by atoms with Gasteiger partial charge in [-0.1, -0.05) is 67.4 Å². The van der Waals surface area contributed by atoms with Gasteiger partial charge < -0.3 is 10.2 Å². The van der Waals surface area contributed by atoms with Crippen LogP contribution in [0.25, 0.3) is 0 Å². The molecule has 0 saturated heterocycles. The zero-order valence-corrected chi connectivity index (χ0v) is 22.7. The lowest BCUT2D eigenvalue weighted by atomic mass is 10.1. The molecule has 0 heterocycles. The van der Waals surface area contributed by atoms with E-state index in [-0.39, 0.29) is 17.0 Å². The van der Waals surface area contributed by atoms with Gasteiger partial charge in [-0.15, -0.1) is 0 Å². The molecule has 9 heteroatoms. The third kappa shape index (κ3) is 7.19. The van der Waals surface area contributed by atoms with Crippen LogP contribution in [0.1, 0.15) is 37.8 Å². The van der Waals surface area contributed by atoms with Crippen molar-refractivity contribution in [2.45, 2.75) is 51.1 Å². The molecule has 0 aromatic heterocycles. The van der Waals surface area contributed by atoms with Crippen LogP contribution in [0, 0.1) is 12.7 Å². The first-order valence-electron chi connectivity index (χ1n) is 12.6. The van der Waals surface area contributed by atoms with E-state index in [0.29, 0.717) is 12.2 Å². The zero-order chi connectivity index (χ0) is 27.7. The largest absolute Gasteiger partial charge is 0.354 e. The molecule has 2 amide bonds.